The fourth-order valence-electron chi connectivity index (χ4n) is 2.73. The van der Waals surface area contributed by atoms with Gasteiger partial charge in [0.05, 0.1) is 33.0 Å². The first-order valence-corrected chi connectivity index (χ1v) is 7.95. The fraction of sp³-hybridized carbons (Fsp3) is 0.111. The Morgan fingerprint density at radius 1 is 0.846 bits per heavy atom. The molecule has 0 aliphatic heterocycles. The Morgan fingerprint density at radius 2 is 1.50 bits per heavy atom. The molecule has 2 heterocycles. The first-order chi connectivity index (χ1) is 12.5. The lowest BCUT2D eigenvalue weighted by Gasteiger charge is -2.04. The average Bonchev–Trinajstić information content (AvgIpc) is 3.02. The van der Waals surface area contributed by atoms with E-state index in [0.29, 0.717) is 22.8 Å². The van der Waals surface area contributed by atoms with Crippen molar-refractivity contribution in [2.45, 2.75) is 13.8 Å². The van der Waals surface area contributed by atoms with Crippen LogP contribution in [0.5, 0.6) is 0 Å². The summed E-state index contributed by atoms with van der Waals surface area (Å²) < 4.78 is 0. The first kappa shape index (κ1) is 15.8. The fourth-order valence-corrected chi connectivity index (χ4v) is 2.73. The predicted molar refractivity (Wildman–Crippen MR) is 96.0 cm³/mol. The largest absolute Gasteiger partial charge is 0.269 e. The maximum absolute atomic E-state index is 10.8. The zero-order chi connectivity index (χ0) is 18.3. The predicted octanol–water partition coefficient (Wildman–Crippen LogP) is 3.40. The van der Waals surface area contributed by atoms with Crippen LogP contribution in [0.2, 0.25) is 0 Å². The normalized spacial score (nSPS) is 11.0. The zero-order valence-electron chi connectivity index (χ0n) is 14.1. The van der Waals surface area contributed by atoms with Crippen LogP contribution in [0.25, 0.3) is 28.1 Å². The van der Waals surface area contributed by atoms with Crippen LogP contribution in [0.1, 0.15) is 11.4 Å². The highest BCUT2D eigenvalue weighted by Gasteiger charge is 2.16. The summed E-state index contributed by atoms with van der Waals surface area (Å²) >= 11 is 0. The quantitative estimate of drug-likeness (QED) is 0.416. The number of nitro benzene ring substituents is 1. The summed E-state index contributed by atoms with van der Waals surface area (Å²) in [5, 5.41) is 19.7. The van der Waals surface area contributed by atoms with Crippen molar-refractivity contribution >= 4 is 16.7 Å². The van der Waals surface area contributed by atoms with Crippen molar-refractivity contribution in [2.24, 2.45) is 0 Å². The van der Waals surface area contributed by atoms with Gasteiger partial charge in [0.15, 0.2) is 0 Å². The third-order valence-corrected chi connectivity index (χ3v) is 4.04. The van der Waals surface area contributed by atoms with Crippen molar-refractivity contribution in [1.29, 1.82) is 0 Å². The van der Waals surface area contributed by atoms with Crippen LogP contribution in [0.15, 0.2) is 48.5 Å². The van der Waals surface area contributed by atoms with E-state index in [1.807, 2.05) is 38.1 Å². The molecule has 8 heteroatoms. The van der Waals surface area contributed by atoms with E-state index in [9.17, 15) is 10.1 Å². The van der Waals surface area contributed by atoms with Crippen molar-refractivity contribution in [3.05, 3.63) is 70.0 Å². The van der Waals surface area contributed by atoms with Crippen LogP contribution < -0.4 is 0 Å². The van der Waals surface area contributed by atoms with Gasteiger partial charge in [-0.05, 0) is 38.1 Å². The third kappa shape index (κ3) is 2.67. The van der Waals surface area contributed by atoms with Gasteiger partial charge in [0.1, 0.15) is 11.4 Å². The van der Waals surface area contributed by atoms with Gasteiger partial charge in [0.25, 0.3) is 5.69 Å². The maximum atomic E-state index is 10.8. The molecule has 0 radical (unpaired) electrons. The second kappa shape index (κ2) is 5.99. The van der Waals surface area contributed by atoms with E-state index in [-0.39, 0.29) is 5.69 Å². The van der Waals surface area contributed by atoms with E-state index in [0.717, 1.165) is 16.7 Å². The molecule has 0 amide bonds. The minimum atomic E-state index is -0.439. The second-order valence-corrected chi connectivity index (χ2v) is 5.84. The molecular formula is C18H14N6O2. The number of nitro groups is 1. The number of aryl methyl sites for hydroxylation is 2. The van der Waals surface area contributed by atoms with Gasteiger partial charge in [0.2, 0.25) is 0 Å². The second-order valence-electron chi connectivity index (χ2n) is 5.84. The molecule has 128 valence electrons. The van der Waals surface area contributed by atoms with Crippen LogP contribution in [0.4, 0.5) is 5.69 Å². The lowest BCUT2D eigenvalue weighted by Crippen LogP contribution is -2.00. The van der Waals surface area contributed by atoms with Crippen molar-refractivity contribution in [3.63, 3.8) is 0 Å². The highest BCUT2D eigenvalue weighted by Crippen LogP contribution is 2.24. The Hall–Kier alpha value is -3.68. The molecule has 0 atom stereocenters. The molecule has 0 saturated carbocycles. The van der Waals surface area contributed by atoms with Gasteiger partial charge < -0.3 is 0 Å². The average molecular weight is 346 g/mol. The van der Waals surface area contributed by atoms with Crippen LogP contribution in [0.3, 0.4) is 0 Å². The van der Waals surface area contributed by atoms with Crippen molar-refractivity contribution in [2.75, 3.05) is 0 Å². The van der Waals surface area contributed by atoms with Gasteiger partial charge in [0, 0.05) is 12.1 Å². The molecule has 4 rings (SSSR count). The lowest BCUT2D eigenvalue weighted by atomic mass is 10.2. The van der Waals surface area contributed by atoms with E-state index in [4.69, 9.17) is 0 Å². The minimum absolute atomic E-state index is 0.0223. The number of non-ortho nitro benzene ring substituents is 1. The molecule has 0 N–H and O–H groups in total. The molecule has 0 aliphatic carbocycles. The molecule has 26 heavy (non-hydrogen) atoms. The zero-order valence-corrected chi connectivity index (χ0v) is 14.1. The summed E-state index contributed by atoms with van der Waals surface area (Å²) in [6, 6.07) is 13.7. The Kier molecular flexibility index (Phi) is 3.65. The molecule has 0 aliphatic rings. The molecule has 0 fully saturated rings. The van der Waals surface area contributed by atoms with Crippen molar-refractivity contribution < 1.29 is 4.92 Å². The molecule has 0 saturated heterocycles. The van der Waals surface area contributed by atoms with Crippen molar-refractivity contribution in [1.82, 2.24) is 25.0 Å². The number of hydrogen-bond acceptors (Lipinski definition) is 6. The molecule has 8 nitrogen and oxygen atoms in total. The van der Waals surface area contributed by atoms with E-state index >= 15 is 0 Å². The Bertz CT molecular complexity index is 1130. The molecular weight excluding hydrogens is 332 g/mol. The summed E-state index contributed by atoms with van der Waals surface area (Å²) in [5.41, 5.74) is 5.06. The van der Waals surface area contributed by atoms with E-state index in [2.05, 4.69) is 20.2 Å². The van der Waals surface area contributed by atoms with Gasteiger partial charge in [-0.1, -0.05) is 12.1 Å². The van der Waals surface area contributed by atoms with Gasteiger partial charge in [-0.25, -0.2) is 9.97 Å². The van der Waals surface area contributed by atoms with Gasteiger partial charge in [-0.2, -0.15) is 9.90 Å². The van der Waals surface area contributed by atoms with Crippen LogP contribution >= 0.6 is 0 Å². The number of hydrogen-bond donors (Lipinski definition) is 0. The number of aromatic nitrogens is 5. The van der Waals surface area contributed by atoms with Crippen LogP contribution in [-0.2, 0) is 0 Å². The smallest absolute Gasteiger partial charge is 0.258 e. The summed E-state index contributed by atoms with van der Waals surface area (Å²) in [7, 11) is 0. The Morgan fingerprint density at radius 3 is 2.15 bits per heavy atom. The van der Waals surface area contributed by atoms with Crippen molar-refractivity contribution in [3.8, 4) is 17.1 Å². The topological polar surface area (TPSA) is 99.6 Å². The van der Waals surface area contributed by atoms with Gasteiger partial charge in [-0.3, -0.25) is 10.1 Å². The van der Waals surface area contributed by atoms with Crippen LogP contribution in [-0.4, -0.2) is 29.9 Å². The van der Waals surface area contributed by atoms with Crippen LogP contribution in [0, 0.1) is 24.0 Å². The minimum Gasteiger partial charge on any atom is -0.258 e. The molecule has 0 unspecified atom stereocenters. The standard InChI is InChI=1S/C18H14N6O2/c1-11-17(20-16-6-4-3-5-15(16)19-11)18-12(2)21-23(22-18)13-7-9-14(10-8-13)24(25)26/h3-10H,1-2H3. The molecule has 4 aromatic rings. The molecule has 0 spiro atoms. The summed E-state index contributed by atoms with van der Waals surface area (Å²) in [4.78, 5) is 21.1. The number of rotatable bonds is 3. The number of fused-ring (bicyclic) bond motifs is 1. The first-order valence-electron chi connectivity index (χ1n) is 7.95. The van der Waals surface area contributed by atoms with E-state index in [1.54, 1.807) is 12.1 Å². The molecule has 2 aromatic carbocycles. The monoisotopic (exact) mass is 346 g/mol. The SMILES string of the molecule is Cc1nc2ccccc2nc1-c1nn(-c2ccc([N+](=O)[O-])cc2)nc1C. The number of nitrogens with zero attached hydrogens (tertiary/aromatic N) is 6. The summed E-state index contributed by atoms with van der Waals surface area (Å²) in [5.74, 6) is 0. The summed E-state index contributed by atoms with van der Waals surface area (Å²) in [6.07, 6.45) is 0. The lowest BCUT2D eigenvalue weighted by molar-refractivity contribution is -0.384. The highest BCUT2D eigenvalue weighted by atomic mass is 16.6. The Balaban J connectivity index is 1.79. The maximum Gasteiger partial charge on any atom is 0.269 e. The van der Waals surface area contributed by atoms with E-state index < -0.39 is 4.92 Å². The van der Waals surface area contributed by atoms with E-state index in [1.165, 1.54) is 16.9 Å². The molecule has 0 bridgehead atoms. The summed E-state index contributed by atoms with van der Waals surface area (Å²) in [6.45, 7) is 3.74. The third-order valence-electron chi connectivity index (χ3n) is 4.04. The van der Waals surface area contributed by atoms with Gasteiger partial charge >= 0.3 is 0 Å². The highest BCUT2D eigenvalue weighted by molar-refractivity contribution is 5.77. The number of benzene rings is 2. The molecule has 2 aromatic heterocycles. The number of para-hydroxylation sites is 2. The van der Waals surface area contributed by atoms with Gasteiger partial charge in [-0.15, -0.1) is 5.10 Å². The Labute approximate surface area is 148 Å².